The van der Waals surface area contributed by atoms with E-state index in [1.54, 1.807) is 12.3 Å². The first-order valence-corrected chi connectivity index (χ1v) is 6.11. The van der Waals surface area contributed by atoms with Gasteiger partial charge in [0.05, 0.1) is 5.56 Å². The lowest BCUT2D eigenvalue weighted by molar-refractivity contribution is 0.0950. The Kier molecular flexibility index (Phi) is 3.55. The third-order valence-corrected chi connectivity index (χ3v) is 3.39. The molecule has 0 saturated heterocycles. The number of anilines is 1. The molecule has 0 fully saturated rings. The Morgan fingerprint density at radius 2 is 2.21 bits per heavy atom. The molecule has 2 aromatic heterocycles. The van der Waals surface area contributed by atoms with Crippen molar-refractivity contribution in [2.75, 3.05) is 5.73 Å². The zero-order valence-electron chi connectivity index (χ0n) is 11.4. The van der Waals surface area contributed by atoms with E-state index in [1.807, 2.05) is 37.6 Å². The van der Waals surface area contributed by atoms with E-state index in [0.29, 0.717) is 17.9 Å². The number of carbonyl (C=O) groups excluding carboxylic acids is 1. The van der Waals surface area contributed by atoms with Crippen LogP contribution >= 0.6 is 0 Å². The Morgan fingerprint density at radius 3 is 2.79 bits per heavy atom. The molecule has 0 radical (unpaired) electrons. The third-order valence-electron chi connectivity index (χ3n) is 3.39. The Labute approximate surface area is 112 Å². The van der Waals surface area contributed by atoms with Crippen molar-refractivity contribution in [3.8, 4) is 0 Å². The normalized spacial score (nSPS) is 10.5. The van der Waals surface area contributed by atoms with Gasteiger partial charge in [-0.15, -0.1) is 0 Å². The molecule has 5 nitrogen and oxygen atoms in total. The minimum atomic E-state index is -0.0931. The Hall–Kier alpha value is -2.30. The standard InChI is InChI=1S/C14H18N4O/c1-9-7-12(10(2)18(9)3)14(19)17-8-11-5-4-6-16-13(11)15/h4-7H,8H2,1-3H3,(H2,15,16)(H,17,19). The van der Waals surface area contributed by atoms with Gasteiger partial charge < -0.3 is 15.6 Å². The SMILES string of the molecule is Cc1cc(C(=O)NCc2cccnc2N)c(C)n1C. The smallest absolute Gasteiger partial charge is 0.253 e. The van der Waals surface area contributed by atoms with Gasteiger partial charge in [0.25, 0.3) is 5.91 Å². The highest BCUT2D eigenvalue weighted by Gasteiger charge is 2.13. The van der Waals surface area contributed by atoms with Crippen LogP contribution in [0.25, 0.3) is 0 Å². The first-order valence-electron chi connectivity index (χ1n) is 6.11. The highest BCUT2D eigenvalue weighted by molar-refractivity contribution is 5.95. The van der Waals surface area contributed by atoms with Crippen LogP contribution in [0.1, 0.15) is 27.3 Å². The second-order valence-corrected chi connectivity index (χ2v) is 4.57. The number of rotatable bonds is 3. The molecule has 0 saturated carbocycles. The van der Waals surface area contributed by atoms with Gasteiger partial charge in [-0.05, 0) is 26.0 Å². The van der Waals surface area contributed by atoms with E-state index in [4.69, 9.17) is 5.73 Å². The van der Waals surface area contributed by atoms with Gasteiger partial charge in [-0.1, -0.05) is 6.07 Å². The lowest BCUT2D eigenvalue weighted by Crippen LogP contribution is -2.24. The Morgan fingerprint density at radius 1 is 1.47 bits per heavy atom. The molecule has 0 spiro atoms. The van der Waals surface area contributed by atoms with Gasteiger partial charge in [-0.25, -0.2) is 4.98 Å². The average Bonchev–Trinajstić information content (AvgIpc) is 2.65. The van der Waals surface area contributed by atoms with Gasteiger partial charge in [-0.3, -0.25) is 4.79 Å². The van der Waals surface area contributed by atoms with Crippen LogP contribution in [-0.2, 0) is 13.6 Å². The van der Waals surface area contributed by atoms with Crippen molar-refractivity contribution >= 4 is 11.7 Å². The number of aromatic nitrogens is 2. The average molecular weight is 258 g/mol. The molecular formula is C14H18N4O. The zero-order chi connectivity index (χ0) is 14.0. The molecule has 0 unspecified atom stereocenters. The molecular weight excluding hydrogens is 240 g/mol. The van der Waals surface area contributed by atoms with Crippen LogP contribution < -0.4 is 11.1 Å². The maximum atomic E-state index is 12.1. The van der Waals surface area contributed by atoms with E-state index in [-0.39, 0.29) is 5.91 Å². The van der Waals surface area contributed by atoms with Crippen molar-refractivity contribution in [2.24, 2.45) is 7.05 Å². The number of aryl methyl sites for hydroxylation is 1. The number of pyridine rings is 1. The summed E-state index contributed by atoms with van der Waals surface area (Å²) < 4.78 is 1.99. The summed E-state index contributed by atoms with van der Waals surface area (Å²) >= 11 is 0. The van der Waals surface area contributed by atoms with Crippen molar-refractivity contribution in [2.45, 2.75) is 20.4 Å². The molecule has 0 atom stereocenters. The summed E-state index contributed by atoms with van der Waals surface area (Å²) in [4.78, 5) is 16.1. The summed E-state index contributed by atoms with van der Waals surface area (Å²) in [6, 6.07) is 5.54. The van der Waals surface area contributed by atoms with Crippen LogP contribution in [0, 0.1) is 13.8 Å². The van der Waals surface area contributed by atoms with Crippen molar-refractivity contribution in [1.29, 1.82) is 0 Å². The first-order chi connectivity index (χ1) is 9.00. The highest BCUT2D eigenvalue weighted by Crippen LogP contribution is 2.13. The number of hydrogen-bond donors (Lipinski definition) is 2. The predicted molar refractivity (Wildman–Crippen MR) is 74.7 cm³/mol. The Balaban J connectivity index is 2.10. The molecule has 2 aromatic rings. The molecule has 0 aliphatic heterocycles. The summed E-state index contributed by atoms with van der Waals surface area (Å²) in [7, 11) is 1.94. The number of nitrogens with two attached hydrogens (primary N) is 1. The largest absolute Gasteiger partial charge is 0.383 e. The number of hydrogen-bond acceptors (Lipinski definition) is 3. The van der Waals surface area contributed by atoms with Gasteiger partial charge in [0.1, 0.15) is 5.82 Å². The Bertz CT molecular complexity index is 616. The summed E-state index contributed by atoms with van der Waals surface area (Å²) in [5.74, 6) is 0.355. The molecule has 2 heterocycles. The molecule has 100 valence electrons. The van der Waals surface area contributed by atoms with Crippen LogP contribution in [0.4, 0.5) is 5.82 Å². The van der Waals surface area contributed by atoms with E-state index in [1.165, 1.54) is 0 Å². The minimum Gasteiger partial charge on any atom is -0.383 e. The number of nitrogen functional groups attached to an aromatic ring is 1. The number of carbonyl (C=O) groups is 1. The van der Waals surface area contributed by atoms with E-state index in [9.17, 15) is 4.79 Å². The maximum absolute atomic E-state index is 12.1. The van der Waals surface area contributed by atoms with Crippen molar-refractivity contribution in [3.05, 3.63) is 46.9 Å². The van der Waals surface area contributed by atoms with E-state index < -0.39 is 0 Å². The molecule has 1 amide bonds. The van der Waals surface area contributed by atoms with Crippen LogP contribution in [0.5, 0.6) is 0 Å². The van der Waals surface area contributed by atoms with Gasteiger partial charge in [0.15, 0.2) is 0 Å². The van der Waals surface area contributed by atoms with Crippen molar-refractivity contribution in [1.82, 2.24) is 14.9 Å². The molecule has 0 aliphatic rings. The fourth-order valence-electron chi connectivity index (χ4n) is 1.96. The highest BCUT2D eigenvalue weighted by atomic mass is 16.1. The molecule has 0 bridgehead atoms. The number of nitrogens with one attached hydrogen (secondary N) is 1. The monoisotopic (exact) mass is 258 g/mol. The summed E-state index contributed by atoms with van der Waals surface area (Å²) in [5.41, 5.74) is 9.27. The molecule has 0 aromatic carbocycles. The second-order valence-electron chi connectivity index (χ2n) is 4.57. The van der Waals surface area contributed by atoms with Crippen molar-refractivity contribution in [3.63, 3.8) is 0 Å². The summed E-state index contributed by atoms with van der Waals surface area (Å²) in [6.07, 6.45) is 1.63. The zero-order valence-corrected chi connectivity index (χ0v) is 11.4. The minimum absolute atomic E-state index is 0.0931. The second kappa shape index (κ2) is 5.14. The molecule has 5 heteroatoms. The van der Waals surface area contributed by atoms with Gasteiger partial charge >= 0.3 is 0 Å². The van der Waals surface area contributed by atoms with Gasteiger partial charge in [-0.2, -0.15) is 0 Å². The molecule has 19 heavy (non-hydrogen) atoms. The lowest BCUT2D eigenvalue weighted by Gasteiger charge is -2.07. The first kappa shape index (κ1) is 13.1. The predicted octanol–water partition coefficient (Wildman–Crippen LogP) is 1.55. The fraction of sp³-hybridized carbons (Fsp3) is 0.286. The number of nitrogens with zero attached hydrogens (tertiary/aromatic N) is 2. The molecule has 0 aliphatic carbocycles. The van der Waals surface area contributed by atoms with Crippen molar-refractivity contribution < 1.29 is 4.79 Å². The maximum Gasteiger partial charge on any atom is 0.253 e. The van der Waals surface area contributed by atoms with E-state index in [2.05, 4.69) is 10.3 Å². The van der Waals surface area contributed by atoms with Crippen LogP contribution in [0.2, 0.25) is 0 Å². The quantitative estimate of drug-likeness (QED) is 0.877. The van der Waals surface area contributed by atoms with Crippen LogP contribution in [-0.4, -0.2) is 15.5 Å². The van der Waals surface area contributed by atoms with Crippen LogP contribution in [0.15, 0.2) is 24.4 Å². The van der Waals surface area contributed by atoms with Gasteiger partial charge in [0.2, 0.25) is 0 Å². The summed E-state index contributed by atoms with van der Waals surface area (Å²) in [5, 5.41) is 2.87. The van der Waals surface area contributed by atoms with Crippen LogP contribution in [0.3, 0.4) is 0 Å². The van der Waals surface area contributed by atoms with Gasteiger partial charge in [0, 0.05) is 36.7 Å². The topological polar surface area (TPSA) is 72.9 Å². The number of amides is 1. The van der Waals surface area contributed by atoms with E-state index >= 15 is 0 Å². The lowest BCUT2D eigenvalue weighted by atomic mass is 10.2. The fourth-order valence-corrected chi connectivity index (χ4v) is 1.96. The third kappa shape index (κ3) is 2.59. The summed E-state index contributed by atoms with van der Waals surface area (Å²) in [6.45, 7) is 4.29. The molecule has 2 rings (SSSR count). The van der Waals surface area contributed by atoms with E-state index in [0.717, 1.165) is 17.0 Å². The molecule has 3 N–H and O–H groups in total.